The van der Waals surface area contributed by atoms with Crippen LogP contribution in [0.15, 0.2) is 24.4 Å². The smallest absolute Gasteiger partial charge is 0.220 e. The van der Waals surface area contributed by atoms with E-state index in [1.54, 1.807) is 6.92 Å². The Kier molecular flexibility index (Phi) is 29.5. The fourth-order valence-corrected chi connectivity index (χ4v) is 4.67. The minimum Gasteiger partial charge on any atom is -0.391 e. The van der Waals surface area contributed by atoms with Crippen molar-refractivity contribution < 1.29 is 19.4 Å². The van der Waals surface area contributed by atoms with Gasteiger partial charge in [0.05, 0.1) is 32.5 Å². The van der Waals surface area contributed by atoms with Gasteiger partial charge in [0.25, 0.3) is 0 Å². The molecule has 236 valence electrons. The Morgan fingerprint density at radius 3 is 1.60 bits per heavy atom. The summed E-state index contributed by atoms with van der Waals surface area (Å²) in [5.41, 5.74) is 2.42. The van der Waals surface area contributed by atoms with E-state index < -0.39 is 6.10 Å². The molecular weight excluding hydrogens is 500 g/mol. The highest BCUT2D eigenvalue weighted by Crippen LogP contribution is 2.15. The summed E-state index contributed by atoms with van der Waals surface area (Å²) in [6.45, 7) is 14.9. The molecule has 0 aliphatic carbocycles. The molecule has 0 heterocycles. The summed E-state index contributed by atoms with van der Waals surface area (Å²) in [7, 11) is 0. The number of hydrogen-bond acceptors (Lipinski definition) is 5. The monoisotopic (exact) mass is 567 g/mol. The van der Waals surface area contributed by atoms with Gasteiger partial charge in [0, 0.05) is 25.2 Å². The van der Waals surface area contributed by atoms with Crippen LogP contribution in [0.5, 0.6) is 0 Å². The van der Waals surface area contributed by atoms with E-state index in [1.807, 2.05) is 0 Å². The number of ether oxygens (including phenoxy) is 2. The topological polar surface area (TPSA) is 79.8 Å². The molecular formula is C34H66N2O4. The van der Waals surface area contributed by atoms with E-state index in [1.165, 1.54) is 115 Å². The molecule has 3 N–H and O–H groups in total. The molecule has 0 spiro atoms. The molecule has 0 aliphatic rings. The van der Waals surface area contributed by atoms with Crippen LogP contribution in [0.1, 0.15) is 142 Å². The van der Waals surface area contributed by atoms with Crippen molar-refractivity contribution in [2.24, 2.45) is 0 Å². The van der Waals surface area contributed by atoms with Gasteiger partial charge in [-0.2, -0.15) is 0 Å². The van der Waals surface area contributed by atoms with Crippen molar-refractivity contribution in [1.82, 2.24) is 10.6 Å². The Morgan fingerprint density at radius 2 is 1.10 bits per heavy atom. The zero-order valence-electron chi connectivity index (χ0n) is 26.5. The van der Waals surface area contributed by atoms with Crippen LogP contribution in [0.2, 0.25) is 0 Å². The van der Waals surface area contributed by atoms with Gasteiger partial charge in [-0.3, -0.25) is 4.79 Å². The van der Waals surface area contributed by atoms with Gasteiger partial charge in [0.15, 0.2) is 0 Å². The van der Waals surface area contributed by atoms with Gasteiger partial charge in [-0.15, -0.1) is 6.58 Å². The largest absolute Gasteiger partial charge is 0.391 e. The Balaban J connectivity index is 3.26. The predicted octanol–water partition coefficient (Wildman–Crippen LogP) is 8.00. The number of aliphatic hydroxyl groups excluding tert-OH is 1. The summed E-state index contributed by atoms with van der Waals surface area (Å²) < 4.78 is 10.6. The molecule has 0 aromatic heterocycles. The van der Waals surface area contributed by atoms with Gasteiger partial charge >= 0.3 is 0 Å². The average Bonchev–Trinajstić information content (AvgIpc) is 2.91. The highest BCUT2D eigenvalue weighted by molar-refractivity contribution is 5.75. The summed E-state index contributed by atoms with van der Waals surface area (Å²) >= 11 is 0. The first kappa shape index (κ1) is 38.6. The van der Waals surface area contributed by atoms with E-state index in [9.17, 15) is 4.79 Å². The molecule has 6 heteroatoms. The number of aliphatic hydroxyl groups is 1. The molecule has 0 bridgehead atoms. The molecule has 0 aromatic carbocycles. The molecule has 0 fully saturated rings. The minimum absolute atomic E-state index is 0.0532. The van der Waals surface area contributed by atoms with Crippen molar-refractivity contribution in [2.75, 3.05) is 39.5 Å². The number of hydrogen-bond donors (Lipinski definition) is 3. The predicted molar refractivity (Wildman–Crippen MR) is 171 cm³/mol. The van der Waals surface area contributed by atoms with Crippen molar-refractivity contribution in [3.8, 4) is 0 Å². The number of carbonyl (C=O) groups excluding carboxylic acids is 1. The van der Waals surface area contributed by atoms with Crippen LogP contribution in [-0.4, -0.2) is 56.6 Å². The SMILES string of the molecule is C=C(C)CCCCCCCCCCCCCCCCCCC(=C)NCCCC(=O)NCCOCCOCC(C)O. The van der Waals surface area contributed by atoms with Gasteiger partial charge < -0.3 is 25.2 Å². The second-order valence-corrected chi connectivity index (χ2v) is 11.6. The van der Waals surface area contributed by atoms with E-state index in [0.717, 1.165) is 25.1 Å². The number of carbonyl (C=O) groups is 1. The molecule has 0 aliphatic heterocycles. The molecule has 1 amide bonds. The van der Waals surface area contributed by atoms with Gasteiger partial charge in [-0.05, 0) is 46.0 Å². The van der Waals surface area contributed by atoms with Crippen molar-refractivity contribution in [2.45, 2.75) is 148 Å². The lowest BCUT2D eigenvalue weighted by Gasteiger charge is -2.10. The number of allylic oxidation sites excluding steroid dienone is 2. The van der Waals surface area contributed by atoms with E-state index in [2.05, 4.69) is 30.7 Å². The number of amides is 1. The number of rotatable bonds is 32. The van der Waals surface area contributed by atoms with E-state index in [-0.39, 0.29) is 5.91 Å². The summed E-state index contributed by atoms with van der Waals surface area (Å²) in [5.74, 6) is 0.0532. The van der Waals surface area contributed by atoms with Crippen molar-refractivity contribution in [1.29, 1.82) is 0 Å². The van der Waals surface area contributed by atoms with Crippen LogP contribution in [0.4, 0.5) is 0 Å². The standard InChI is InChI=1S/C34H66N2O4/c1-31(2)22-19-17-15-13-11-9-7-5-6-8-10-12-14-16-18-20-23-32(3)35-25-21-24-34(38)36-26-27-39-28-29-40-30-33(4)37/h33,35,37H,1,3,5-30H2,2,4H3,(H,36,38). The lowest BCUT2D eigenvalue weighted by molar-refractivity contribution is -0.121. The molecule has 0 aromatic rings. The first-order valence-electron chi connectivity index (χ1n) is 16.6. The van der Waals surface area contributed by atoms with Gasteiger partial charge in [0.1, 0.15) is 0 Å². The van der Waals surface area contributed by atoms with Crippen LogP contribution in [-0.2, 0) is 14.3 Å². The highest BCUT2D eigenvalue weighted by atomic mass is 16.5. The fraction of sp³-hybridized carbons (Fsp3) is 0.853. The molecule has 6 nitrogen and oxygen atoms in total. The van der Waals surface area contributed by atoms with Crippen molar-refractivity contribution >= 4 is 5.91 Å². The summed E-state index contributed by atoms with van der Waals surface area (Å²) in [4.78, 5) is 11.9. The maximum Gasteiger partial charge on any atom is 0.220 e. The number of nitrogens with one attached hydrogen (secondary N) is 2. The van der Waals surface area contributed by atoms with Crippen LogP contribution in [0.3, 0.4) is 0 Å². The van der Waals surface area contributed by atoms with Crippen molar-refractivity contribution in [3.05, 3.63) is 24.4 Å². The molecule has 0 saturated carbocycles. The number of unbranched alkanes of at least 4 members (excludes halogenated alkanes) is 15. The van der Waals surface area contributed by atoms with E-state index >= 15 is 0 Å². The molecule has 0 radical (unpaired) electrons. The molecule has 1 unspecified atom stereocenters. The Bertz CT molecular complexity index is 594. The fourth-order valence-electron chi connectivity index (χ4n) is 4.67. The zero-order chi connectivity index (χ0) is 29.5. The average molecular weight is 567 g/mol. The van der Waals surface area contributed by atoms with Crippen LogP contribution < -0.4 is 10.6 Å². The molecule has 1 atom stereocenters. The normalized spacial score (nSPS) is 11.9. The van der Waals surface area contributed by atoms with E-state index in [4.69, 9.17) is 14.6 Å². The quantitative estimate of drug-likeness (QED) is 0.0568. The second kappa shape index (κ2) is 30.6. The van der Waals surface area contributed by atoms with Crippen LogP contribution >= 0.6 is 0 Å². The second-order valence-electron chi connectivity index (χ2n) is 11.6. The summed E-state index contributed by atoms with van der Waals surface area (Å²) in [6, 6.07) is 0. The zero-order valence-corrected chi connectivity index (χ0v) is 26.5. The summed E-state index contributed by atoms with van der Waals surface area (Å²) in [6.07, 6.45) is 25.1. The maximum absolute atomic E-state index is 11.9. The highest BCUT2D eigenvalue weighted by Gasteiger charge is 2.02. The van der Waals surface area contributed by atoms with Gasteiger partial charge in [-0.25, -0.2) is 0 Å². The molecule has 0 rings (SSSR count). The first-order chi connectivity index (χ1) is 19.4. The van der Waals surface area contributed by atoms with Crippen LogP contribution in [0, 0.1) is 0 Å². The Labute approximate surface area is 248 Å². The summed E-state index contributed by atoms with van der Waals surface area (Å²) in [5, 5.41) is 15.3. The minimum atomic E-state index is -0.456. The lowest BCUT2D eigenvalue weighted by Crippen LogP contribution is -2.28. The molecule has 40 heavy (non-hydrogen) atoms. The third-order valence-corrected chi connectivity index (χ3v) is 7.09. The lowest BCUT2D eigenvalue weighted by atomic mass is 10.0. The van der Waals surface area contributed by atoms with Crippen molar-refractivity contribution in [3.63, 3.8) is 0 Å². The Hall–Kier alpha value is -1.37. The maximum atomic E-state index is 11.9. The van der Waals surface area contributed by atoms with Gasteiger partial charge in [0.2, 0.25) is 5.91 Å². The Morgan fingerprint density at radius 1 is 0.625 bits per heavy atom. The van der Waals surface area contributed by atoms with E-state index in [0.29, 0.717) is 39.4 Å². The third kappa shape index (κ3) is 32.8. The first-order valence-corrected chi connectivity index (χ1v) is 16.6. The van der Waals surface area contributed by atoms with Crippen LogP contribution in [0.25, 0.3) is 0 Å². The van der Waals surface area contributed by atoms with Gasteiger partial charge in [-0.1, -0.05) is 102 Å². The third-order valence-electron chi connectivity index (χ3n) is 7.09. The molecule has 0 saturated heterocycles.